The monoisotopic (exact) mass is 339 g/mol. The minimum Gasteiger partial charge on any atom is -0.431 e. The third-order valence-electron chi connectivity index (χ3n) is 3.31. The van der Waals surface area contributed by atoms with Crippen LogP contribution in [0.2, 0.25) is 5.02 Å². The summed E-state index contributed by atoms with van der Waals surface area (Å²) in [6.45, 7) is -2.60. The zero-order valence-corrected chi connectivity index (χ0v) is 12.8. The normalized spacial score (nSPS) is 21.2. The summed E-state index contributed by atoms with van der Waals surface area (Å²) in [4.78, 5) is 0. The first-order valence-electron chi connectivity index (χ1n) is 6.55. The maximum Gasteiger partial charge on any atom is 0.387 e. The first kappa shape index (κ1) is 16.3. The molecule has 0 radical (unpaired) electrons. The summed E-state index contributed by atoms with van der Waals surface area (Å²) >= 11 is 5.85. The molecule has 1 aliphatic rings. The molecule has 1 N–H and O–H groups in total. The van der Waals surface area contributed by atoms with Crippen molar-refractivity contribution in [1.29, 1.82) is 0 Å². The van der Waals surface area contributed by atoms with Crippen LogP contribution in [0, 0.1) is 5.92 Å². The largest absolute Gasteiger partial charge is 0.431 e. The summed E-state index contributed by atoms with van der Waals surface area (Å²) in [5, 5.41) is 3.04. The fraction of sp³-hybridized carbons (Fsp3) is 0.538. The molecular weight excluding hydrogens is 324 g/mol. The molecule has 2 rings (SSSR count). The Kier molecular flexibility index (Phi) is 5.27. The lowest BCUT2D eigenvalue weighted by atomic mass is 10.1. The third-order valence-corrected chi connectivity index (χ3v) is 5.50. The van der Waals surface area contributed by atoms with Gasteiger partial charge < -0.3 is 10.1 Å². The van der Waals surface area contributed by atoms with Crippen LogP contribution >= 0.6 is 11.6 Å². The van der Waals surface area contributed by atoms with Crippen LogP contribution in [0.5, 0.6) is 5.75 Å². The first-order valence-corrected chi connectivity index (χ1v) is 8.75. The molecule has 1 aromatic rings. The van der Waals surface area contributed by atoms with Gasteiger partial charge in [-0.15, -0.1) is 0 Å². The molecule has 21 heavy (non-hydrogen) atoms. The maximum atomic E-state index is 12.4. The van der Waals surface area contributed by atoms with Crippen molar-refractivity contribution < 1.29 is 21.9 Å². The van der Waals surface area contributed by atoms with Gasteiger partial charge >= 0.3 is 6.61 Å². The van der Waals surface area contributed by atoms with Crippen LogP contribution in [0.3, 0.4) is 0 Å². The summed E-state index contributed by atoms with van der Waals surface area (Å²) in [5.41, 5.74) is 0.339. The van der Waals surface area contributed by atoms with Crippen molar-refractivity contribution in [1.82, 2.24) is 0 Å². The van der Waals surface area contributed by atoms with Crippen LogP contribution in [-0.4, -0.2) is 33.1 Å². The number of benzene rings is 1. The second-order valence-corrected chi connectivity index (χ2v) is 7.63. The lowest BCUT2D eigenvalue weighted by molar-refractivity contribution is -0.0493. The molecule has 4 nitrogen and oxygen atoms in total. The summed E-state index contributed by atoms with van der Waals surface area (Å²) < 4.78 is 52.3. The minimum absolute atomic E-state index is 0.0397. The standard InChI is InChI=1S/C13H16ClF2NO3S/c14-10-4-1-5-11(12(10)20-13(15)16)17-7-9-3-2-6-21(18,19)8-9/h1,4-5,9,13,17H,2-3,6-8H2. The van der Waals surface area contributed by atoms with Crippen LogP contribution in [0.15, 0.2) is 18.2 Å². The molecule has 0 aromatic heterocycles. The molecule has 0 amide bonds. The molecule has 0 saturated carbocycles. The second kappa shape index (κ2) is 6.79. The highest BCUT2D eigenvalue weighted by Crippen LogP contribution is 2.34. The Morgan fingerprint density at radius 3 is 2.86 bits per heavy atom. The first-order chi connectivity index (χ1) is 9.87. The lowest BCUT2D eigenvalue weighted by Crippen LogP contribution is -2.29. The van der Waals surface area contributed by atoms with Gasteiger partial charge in [-0.25, -0.2) is 8.42 Å². The average Bonchev–Trinajstić information content (AvgIpc) is 2.38. The number of hydrogen-bond acceptors (Lipinski definition) is 4. The van der Waals surface area contributed by atoms with Crippen molar-refractivity contribution in [3.05, 3.63) is 23.2 Å². The van der Waals surface area contributed by atoms with E-state index in [2.05, 4.69) is 10.1 Å². The van der Waals surface area contributed by atoms with Gasteiger partial charge in [0.25, 0.3) is 0 Å². The van der Waals surface area contributed by atoms with E-state index < -0.39 is 16.4 Å². The number of ether oxygens (including phenoxy) is 1. The van der Waals surface area contributed by atoms with E-state index in [1.54, 1.807) is 12.1 Å². The molecule has 0 bridgehead atoms. The summed E-state index contributed by atoms with van der Waals surface area (Å²) in [7, 11) is -2.99. The quantitative estimate of drug-likeness (QED) is 0.895. The van der Waals surface area contributed by atoms with Gasteiger partial charge in [-0.2, -0.15) is 8.78 Å². The number of sulfone groups is 1. The zero-order chi connectivity index (χ0) is 15.5. The Balaban J connectivity index is 2.04. The van der Waals surface area contributed by atoms with Crippen LogP contribution in [0.25, 0.3) is 0 Å². The van der Waals surface area contributed by atoms with E-state index >= 15 is 0 Å². The number of halogens is 3. The summed E-state index contributed by atoms with van der Waals surface area (Å²) in [5.74, 6) is 0.182. The van der Waals surface area contributed by atoms with Gasteiger partial charge in [0, 0.05) is 6.54 Å². The summed E-state index contributed by atoms with van der Waals surface area (Å²) in [6.07, 6.45) is 1.42. The zero-order valence-electron chi connectivity index (χ0n) is 11.2. The van der Waals surface area contributed by atoms with Gasteiger partial charge in [-0.1, -0.05) is 17.7 Å². The Bertz CT molecular complexity index is 595. The number of anilines is 1. The molecule has 0 aliphatic carbocycles. The van der Waals surface area contributed by atoms with E-state index in [-0.39, 0.29) is 28.2 Å². The molecule has 1 atom stereocenters. The van der Waals surface area contributed by atoms with E-state index in [0.717, 1.165) is 6.42 Å². The molecule has 8 heteroatoms. The van der Waals surface area contributed by atoms with Crippen molar-refractivity contribution in [3.63, 3.8) is 0 Å². The van der Waals surface area contributed by atoms with Crippen LogP contribution in [-0.2, 0) is 9.84 Å². The molecule has 1 saturated heterocycles. The summed E-state index contributed by atoms with van der Waals surface area (Å²) in [6, 6.07) is 4.64. The van der Waals surface area contributed by atoms with Crippen molar-refractivity contribution in [2.45, 2.75) is 19.5 Å². The smallest absolute Gasteiger partial charge is 0.387 e. The highest BCUT2D eigenvalue weighted by molar-refractivity contribution is 7.91. The molecule has 1 aliphatic heterocycles. The molecule has 1 heterocycles. The van der Waals surface area contributed by atoms with Crippen LogP contribution < -0.4 is 10.1 Å². The van der Waals surface area contributed by atoms with E-state index in [4.69, 9.17) is 11.6 Å². The Morgan fingerprint density at radius 2 is 2.19 bits per heavy atom. The predicted octanol–water partition coefficient (Wildman–Crippen LogP) is 3.18. The van der Waals surface area contributed by atoms with Crippen LogP contribution in [0.1, 0.15) is 12.8 Å². The van der Waals surface area contributed by atoms with Crippen molar-refractivity contribution in [2.75, 3.05) is 23.4 Å². The van der Waals surface area contributed by atoms with E-state index in [0.29, 0.717) is 18.7 Å². The van der Waals surface area contributed by atoms with Gasteiger partial charge in [0.05, 0.1) is 22.2 Å². The number of rotatable bonds is 5. The molecule has 118 valence electrons. The number of nitrogens with one attached hydrogen (secondary N) is 1. The SMILES string of the molecule is O=S1(=O)CCCC(CNc2cccc(Cl)c2OC(F)F)C1. The van der Waals surface area contributed by atoms with Gasteiger partial charge in [0.1, 0.15) is 0 Å². The highest BCUT2D eigenvalue weighted by atomic mass is 35.5. The van der Waals surface area contributed by atoms with Gasteiger partial charge in [-0.05, 0) is 30.9 Å². The lowest BCUT2D eigenvalue weighted by Gasteiger charge is -2.23. The maximum absolute atomic E-state index is 12.4. The predicted molar refractivity (Wildman–Crippen MR) is 78.0 cm³/mol. The Hall–Kier alpha value is -1.08. The third kappa shape index (κ3) is 4.71. The average molecular weight is 340 g/mol. The van der Waals surface area contributed by atoms with Crippen molar-refractivity contribution in [2.24, 2.45) is 5.92 Å². The Labute approximate surface area is 127 Å². The Morgan fingerprint density at radius 1 is 1.43 bits per heavy atom. The van der Waals surface area contributed by atoms with Crippen LogP contribution in [0.4, 0.5) is 14.5 Å². The van der Waals surface area contributed by atoms with Crippen molar-refractivity contribution in [3.8, 4) is 5.75 Å². The van der Waals surface area contributed by atoms with E-state index in [9.17, 15) is 17.2 Å². The van der Waals surface area contributed by atoms with Gasteiger partial charge in [-0.3, -0.25) is 0 Å². The van der Waals surface area contributed by atoms with E-state index in [1.807, 2.05) is 0 Å². The fourth-order valence-electron chi connectivity index (χ4n) is 2.39. The molecular formula is C13H16ClF2NO3S. The number of alkyl halides is 2. The molecule has 1 fully saturated rings. The topological polar surface area (TPSA) is 55.4 Å². The fourth-order valence-corrected chi connectivity index (χ4v) is 4.38. The van der Waals surface area contributed by atoms with Crippen molar-refractivity contribution >= 4 is 27.1 Å². The van der Waals surface area contributed by atoms with Gasteiger partial charge in [0.15, 0.2) is 15.6 Å². The second-order valence-electron chi connectivity index (χ2n) is 5.00. The highest BCUT2D eigenvalue weighted by Gasteiger charge is 2.25. The molecule has 1 unspecified atom stereocenters. The molecule has 0 spiro atoms. The molecule has 1 aromatic carbocycles. The number of para-hydroxylation sites is 1. The van der Waals surface area contributed by atoms with E-state index in [1.165, 1.54) is 6.07 Å². The minimum atomic E-state index is -2.99. The number of hydrogen-bond donors (Lipinski definition) is 1. The van der Waals surface area contributed by atoms with Gasteiger partial charge in [0.2, 0.25) is 0 Å².